The fourth-order valence-corrected chi connectivity index (χ4v) is 12.8. The first-order valence-corrected chi connectivity index (χ1v) is 27.3. The van der Waals surface area contributed by atoms with Gasteiger partial charge in [-0.2, -0.15) is 0 Å². The van der Waals surface area contributed by atoms with Gasteiger partial charge in [-0.25, -0.2) is 9.59 Å². The number of likely N-dealkylation sites (tertiary alicyclic amines) is 2. The lowest BCUT2D eigenvalue weighted by atomic mass is 9.76. The summed E-state index contributed by atoms with van der Waals surface area (Å²) >= 11 is 0. The first-order valence-electron chi connectivity index (χ1n) is 27.3. The SMILES string of the molecule is COc1ccc2c(c1)CCC(NC(=O)CN1CCC(n3c(=O)[nH]c4ccccc43)CC1)C2Cc1cccnc1.O=C(CN1CCC(n2c(=O)[nH]c3ccccc32)CC1)NC1CCc2cc(O)ccc2C1Cc1cccnc1. The molecule has 2 amide bonds. The molecule has 0 saturated carbocycles. The molecular weight excluding hydrogens is 969 g/mol. The van der Waals surface area contributed by atoms with Crippen LogP contribution in [0.15, 0.2) is 144 Å². The van der Waals surface area contributed by atoms with Gasteiger partial charge in [0, 0.05) is 87.0 Å². The molecule has 5 N–H and O–H groups in total. The van der Waals surface area contributed by atoms with E-state index in [0.717, 1.165) is 129 Å². The Morgan fingerprint density at radius 1 is 0.597 bits per heavy atom. The van der Waals surface area contributed by atoms with E-state index in [1.165, 1.54) is 22.3 Å². The lowest BCUT2D eigenvalue weighted by molar-refractivity contribution is -0.124. The van der Waals surface area contributed by atoms with Gasteiger partial charge in [0.05, 0.1) is 42.3 Å². The molecule has 2 saturated heterocycles. The van der Waals surface area contributed by atoms with Crippen LogP contribution in [0.4, 0.5) is 0 Å². The fourth-order valence-electron chi connectivity index (χ4n) is 12.8. The Bertz CT molecular complexity index is 3450. The van der Waals surface area contributed by atoms with E-state index in [1.807, 2.05) is 100 Å². The van der Waals surface area contributed by atoms with Crippen LogP contribution in [0.3, 0.4) is 0 Å². The normalized spacial score (nSPS) is 20.2. The summed E-state index contributed by atoms with van der Waals surface area (Å²) in [7, 11) is 1.70. The number of nitrogens with zero attached hydrogens (tertiary/aromatic N) is 6. The maximum Gasteiger partial charge on any atom is 0.326 e. The van der Waals surface area contributed by atoms with Gasteiger partial charge >= 0.3 is 11.4 Å². The number of phenols is 1. The molecule has 2 aliphatic heterocycles. The Morgan fingerprint density at radius 2 is 1.06 bits per heavy atom. The van der Waals surface area contributed by atoms with Gasteiger partial charge in [-0.15, -0.1) is 0 Å². The molecule has 6 heterocycles. The predicted molar refractivity (Wildman–Crippen MR) is 298 cm³/mol. The van der Waals surface area contributed by atoms with E-state index in [4.69, 9.17) is 4.74 Å². The monoisotopic (exact) mass is 1040 g/mol. The van der Waals surface area contributed by atoms with Gasteiger partial charge in [0.1, 0.15) is 11.5 Å². The largest absolute Gasteiger partial charge is 0.508 e. The van der Waals surface area contributed by atoms with Crippen molar-refractivity contribution in [3.63, 3.8) is 0 Å². The number of piperidine rings is 2. The molecule has 4 aromatic carbocycles. The number of aromatic amines is 2. The number of carbonyl (C=O) groups is 2. The molecule has 2 fully saturated rings. The molecule has 0 bridgehead atoms. The second kappa shape index (κ2) is 23.2. The van der Waals surface area contributed by atoms with Crippen LogP contribution >= 0.6 is 0 Å². The predicted octanol–water partition coefficient (Wildman–Crippen LogP) is 7.35. The zero-order valence-corrected chi connectivity index (χ0v) is 43.7. The second-order valence-electron chi connectivity index (χ2n) is 21.4. The minimum Gasteiger partial charge on any atom is -0.508 e. The average molecular weight is 1040 g/mol. The number of hydrogen-bond donors (Lipinski definition) is 5. The number of carbonyl (C=O) groups excluding carboxylic acids is 2. The van der Waals surface area contributed by atoms with E-state index in [2.05, 4.69) is 64.6 Å². The number of fused-ring (bicyclic) bond motifs is 4. The van der Waals surface area contributed by atoms with Gasteiger partial charge in [-0.3, -0.25) is 38.5 Å². The van der Waals surface area contributed by atoms with Crippen LogP contribution in [0.25, 0.3) is 22.1 Å². The number of pyridine rings is 2. The summed E-state index contributed by atoms with van der Waals surface area (Å²) in [6.45, 7) is 3.86. The second-order valence-corrected chi connectivity index (χ2v) is 21.4. The molecule has 77 heavy (non-hydrogen) atoms. The molecule has 16 heteroatoms. The van der Waals surface area contributed by atoms with Crippen molar-refractivity contribution in [2.45, 2.75) is 100 Å². The van der Waals surface area contributed by atoms with Crippen molar-refractivity contribution in [1.82, 2.24) is 49.5 Å². The minimum absolute atomic E-state index is 0.0158. The average Bonchev–Trinajstić information content (AvgIpc) is 3.98. The van der Waals surface area contributed by atoms with Gasteiger partial charge in [-0.05, 0) is 158 Å². The number of benzene rings is 4. The molecule has 4 unspecified atom stereocenters. The van der Waals surface area contributed by atoms with Crippen LogP contribution in [0.5, 0.6) is 11.5 Å². The highest BCUT2D eigenvalue weighted by molar-refractivity contribution is 5.79. The highest BCUT2D eigenvalue weighted by Crippen LogP contribution is 2.38. The maximum atomic E-state index is 13.3. The van der Waals surface area contributed by atoms with Crippen LogP contribution in [-0.4, -0.2) is 114 Å². The molecule has 4 atom stereocenters. The summed E-state index contributed by atoms with van der Waals surface area (Å²) in [5.41, 5.74) is 10.7. The number of para-hydroxylation sites is 4. The van der Waals surface area contributed by atoms with Crippen molar-refractivity contribution in [1.29, 1.82) is 0 Å². The number of H-pyrrole nitrogens is 2. The summed E-state index contributed by atoms with van der Waals surface area (Å²) in [5, 5.41) is 16.7. The summed E-state index contributed by atoms with van der Waals surface area (Å²) in [6.07, 6.45) is 15.8. The Balaban J connectivity index is 0.000000164. The standard InChI is InChI=1S/C31H35N5O3.C30H33N5O3/c1-39-24-9-10-25-22(18-24)8-11-27(26(25)17-21-5-4-14-32-19-21)33-30(37)20-35-15-12-23(13-16-35)36-29-7-3-2-6-28(29)34-31(36)38;36-23-8-9-24-21(17-23)7-10-26(25(24)16-20-4-3-13-31-18-20)32-29(37)19-34-14-11-22(12-15-34)35-28-6-2-1-5-27(28)33-30(35)38/h2-7,9-10,14,18-19,23,26-27H,8,11-13,15-17,20H2,1H3,(H,33,37)(H,34,38);1-6,8-9,13,17-18,22,25-26,36H,7,10-12,14-16,19H2,(H,32,37)(H,33,38). The molecule has 2 aliphatic carbocycles. The number of aromatic hydroxyl groups is 1. The quantitative estimate of drug-likeness (QED) is 0.0779. The Labute approximate surface area is 447 Å². The number of aromatic nitrogens is 6. The van der Waals surface area contributed by atoms with E-state index in [-0.39, 0.29) is 64.9 Å². The maximum absolute atomic E-state index is 13.3. The van der Waals surface area contributed by atoms with Gasteiger partial charge in [-0.1, -0.05) is 48.5 Å². The Hall–Kier alpha value is -7.82. The zero-order chi connectivity index (χ0) is 52.8. The van der Waals surface area contributed by atoms with Crippen LogP contribution in [0, 0.1) is 0 Å². The first-order chi connectivity index (χ1) is 37.6. The number of aryl methyl sites for hydroxylation is 2. The topological polar surface area (TPSA) is 195 Å². The molecule has 4 aromatic heterocycles. The van der Waals surface area contributed by atoms with Crippen molar-refractivity contribution in [3.05, 3.63) is 188 Å². The minimum atomic E-state index is -0.0621. The summed E-state index contributed by atoms with van der Waals surface area (Å²) in [5.74, 6) is 1.55. The van der Waals surface area contributed by atoms with Gasteiger partial charge < -0.3 is 30.4 Å². The molecule has 8 aromatic rings. The van der Waals surface area contributed by atoms with Crippen molar-refractivity contribution in [2.24, 2.45) is 0 Å². The number of phenolic OH excluding ortho intramolecular Hbond substituents is 1. The van der Waals surface area contributed by atoms with E-state index >= 15 is 0 Å². The highest BCUT2D eigenvalue weighted by Gasteiger charge is 2.34. The number of hydrogen-bond acceptors (Lipinski definition) is 10. The third kappa shape index (κ3) is 11.6. The number of nitrogens with one attached hydrogen (secondary N) is 4. The summed E-state index contributed by atoms with van der Waals surface area (Å²) in [6, 6.07) is 36.0. The van der Waals surface area contributed by atoms with Crippen LogP contribution in [0.2, 0.25) is 0 Å². The van der Waals surface area contributed by atoms with Gasteiger partial charge in [0.2, 0.25) is 11.8 Å². The van der Waals surface area contributed by atoms with Crippen molar-refractivity contribution >= 4 is 33.9 Å². The number of ether oxygens (including phenoxy) is 1. The third-order valence-electron chi connectivity index (χ3n) is 16.6. The number of methoxy groups -OCH3 is 1. The van der Waals surface area contributed by atoms with Gasteiger partial charge in [0.25, 0.3) is 0 Å². The number of rotatable bonds is 13. The van der Waals surface area contributed by atoms with E-state index in [9.17, 15) is 24.3 Å². The smallest absolute Gasteiger partial charge is 0.326 e. The Morgan fingerprint density at radius 3 is 1.53 bits per heavy atom. The third-order valence-corrected chi connectivity index (χ3v) is 16.6. The lowest BCUT2D eigenvalue weighted by Gasteiger charge is -2.36. The lowest BCUT2D eigenvalue weighted by Crippen LogP contribution is -2.48. The Kier molecular flexibility index (Phi) is 15.5. The van der Waals surface area contributed by atoms with Crippen molar-refractivity contribution < 1.29 is 19.4 Å². The van der Waals surface area contributed by atoms with Crippen molar-refractivity contribution in [3.8, 4) is 11.5 Å². The van der Waals surface area contributed by atoms with Gasteiger partial charge in [0.15, 0.2) is 0 Å². The molecule has 16 nitrogen and oxygen atoms in total. The van der Waals surface area contributed by atoms with Crippen LogP contribution < -0.4 is 26.7 Å². The molecular formula is C61H68N10O6. The molecule has 12 rings (SSSR count). The zero-order valence-electron chi connectivity index (χ0n) is 43.7. The number of amides is 2. The number of imidazole rings is 2. The van der Waals surface area contributed by atoms with E-state index in [1.54, 1.807) is 25.6 Å². The molecule has 4 aliphatic rings. The first kappa shape index (κ1) is 51.3. The fraction of sp³-hybridized carbons (Fsp3) is 0.377. The van der Waals surface area contributed by atoms with E-state index < -0.39 is 0 Å². The van der Waals surface area contributed by atoms with Crippen molar-refractivity contribution in [2.75, 3.05) is 46.4 Å². The molecule has 0 radical (unpaired) electrons. The van der Waals surface area contributed by atoms with E-state index in [0.29, 0.717) is 13.1 Å². The summed E-state index contributed by atoms with van der Waals surface area (Å²) in [4.78, 5) is 70.6. The van der Waals surface area contributed by atoms with Crippen LogP contribution in [-0.2, 0) is 35.3 Å². The molecule has 0 spiro atoms. The summed E-state index contributed by atoms with van der Waals surface area (Å²) < 4.78 is 9.24. The van der Waals surface area contributed by atoms with Crippen LogP contribution in [0.1, 0.15) is 95.8 Å². The highest BCUT2D eigenvalue weighted by atomic mass is 16.5. The molecule has 398 valence electrons.